The van der Waals surface area contributed by atoms with Crippen molar-refractivity contribution in [3.05, 3.63) is 93.4 Å². The van der Waals surface area contributed by atoms with Crippen LogP contribution in [0.25, 0.3) is 5.69 Å². The summed E-state index contributed by atoms with van der Waals surface area (Å²) >= 11 is 0. The maximum absolute atomic E-state index is 13.3. The average molecular weight is 406 g/mol. The molecule has 0 radical (unpaired) electrons. The molecule has 0 bridgehead atoms. The molecule has 0 fully saturated rings. The number of fused-ring (bicyclic) bond motifs is 1. The van der Waals surface area contributed by atoms with Crippen molar-refractivity contribution in [1.29, 1.82) is 0 Å². The fourth-order valence-corrected chi connectivity index (χ4v) is 3.69. The lowest BCUT2D eigenvalue weighted by Gasteiger charge is -2.30. The molecule has 4 rings (SSSR count). The summed E-state index contributed by atoms with van der Waals surface area (Å²) in [4.78, 5) is 43.5. The number of benzene rings is 1. The van der Waals surface area contributed by atoms with E-state index in [1.165, 1.54) is 28.8 Å². The van der Waals surface area contributed by atoms with E-state index in [0.29, 0.717) is 35.5 Å². The lowest BCUT2D eigenvalue weighted by atomic mass is 9.95. The highest BCUT2D eigenvalue weighted by Gasteiger charge is 2.27. The van der Waals surface area contributed by atoms with Crippen LogP contribution in [0.5, 0.6) is 0 Å². The number of carbonyl (C=O) groups is 2. The van der Waals surface area contributed by atoms with Crippen molar-refractivity contribution in [3.63, 3.8) is 0 Å². The zero-order valence-electron chi connectivity index (χ0n) is 16.0. The van der Waals surface area contributed by atoms with E-state index in [2.05, 4.69) is 4.98 Å². The van der Waals surface area contributed by atoms with E-state index >= 15 is 0 Å². The first-order valence-electron chi connectivity index (χ1n) is 9.45. The van der Waals surface area contributed by atoms with Crippen LogP contribution in [-0.2, 0) is 24.2 Å². The van der Waals surface area contributed by atoms with E-state index in [-0.39, 0.29) is 24.4 Å². The van der Waals surface area contributed by atoms with Gasteiger partial charge in [-0.1, -0.05) is 6.07 Å². The lowest BCUT2D eigenvalue weighted by molar-refractivity contribution is -0.131. The minimum absolute atomic E-state index is 0.0892. The molecular formula is C22H19FN4O3. The number of nitrogens with zero attached hydrogens (tertiary/aromatic N) is 3. The highest BCUT2D eigenvalue weighted by Crippen LogP contribution is 2.22. The Morgan fingerprint density at radius 3 is 2.57 bits per heavy atom. The zero-order chi connectivity index (χ0) is 21.3. The van der Waals surface area contributed by atoms with E-state index in [1.807, 2.05) is 6.07 Å². The van der Waals surface area contributed by atoms with Crippen LogP contribution in [0.4, 0.5) is 4.39 Å². The Balaban J connectivity index is 1.70. The number of aromatic nitrogens is 2. The maximum Gasteiger partial charge on any atom is 0.268 e. The molecule has 1 aliphatic rings. The molecule has 7 nitrogen and oxygen atoms in total. The van der Waals surface area contributed by atoms with Gasteiger partial charge in [0.15, 0.2) is 0 Å². The van der Waals surface area contributed by atoms with E-state index < -0.39 is 17.3 Å². The molecule has 0 atom stereocenters. The number of carbonyl (C=O) groups excluding carboxylic acids is 2. The molecule has 3 aromatic rings. The molecule has 0 unspecified atom stereocenters. The van der Waals surface area contributed by atoms with Crippen LogP contribution >= 0.6 is 0 Å². The Morgan fingerprint density at radius 2 is 1.90 bits per heavy atom. The first kappa shape index (κ1) is 19.5. The number of rotatable bonds is 4. The quantitative estimate of drug-likeness (QED) is 0.712. The van der Waals surface area contributed by atoms with Crippen molar-refractivity contribution in [3.8, 4) is 5.69 Å². The van der Waals surface area contributed by atoms with Gasteiger partial charge >= 0.3 is 0 Å². The second kappa shape index (κ2) is 7.90. The summed E-state index contributed by atoms with van der Waals surface area (Å²) in [6.45, 7) is 0.613. The topological polar surface area (TPSA) is 98.3 Å². The minimum Gasteiger partial charge on any atom is -0.365 e. The van der Waals surface area contributed by atoms with E-state index in [4.69, 9.17) is 5.73 Å². The van der Waals surface area contributed by atoms with Crippen molar-refractivity contribution in [2.24, 2.45) is 5.73 Å². The number of pyridine rings is 2. The molecule has 0 saturated carbocycles. The van der Waals surface area contributed by atoms with Gasteiger partial charge in [-0.2, -0.15) is 0 Å². The first-order valence-corrected chi connectivity index (χ1v) is 9.45. The van der Waals surface area contributed by atoms with Crippen molar-refractivity contribution in [1.82, 2.24) is 14.5 Å². The molecule has 2 N–H and O–H groups in total. The van der Waals surface area contributed by atoms with Gasteiger partial charge in [-0.3, -0.25) is 23.9 Å². The summed E-state index contributed by atoms with van der Waals surface area (Å²) in [5.74, 6) is -1.35. The Hall–Kier alpha value is -3.81. The second-order valence-electron chi connectivity index (χ2n) is 7.09. The smallest absolute Gasteiger partial charge is 0.268 e. The first-order chi connectivity index (χ1) is 14.4. The average Bonchev–Trinajstić information content (AvgIpc) is 2.74. The van der Waals surface area contributed by atoms with E-state index in [1.54, 1.807) is 29.4 Å². The van der Waals surface area contributed by atoms with Gasteiger partial charge in [0.05, 0.1) is 6.42 Å². The monoisotopic (exact) mass is 406 g/mol. The molecule has 152 valence electrons. The van der Waals surface area contributed by atoms with Crippen molar-refractivity contribution >= 4 is 11.8 Å². The zero-order valence-corrected chi connectivity index (χ0v) is 16.0. The molecule has 3 heterocycles. The summed E-state index contributed by atoms with van der Waals surface area (Å²) in [5.41, 5.74) is 7.16. The molecule has 0 saturated heterocycles. The SMILES string of the molecule is NC(=O)c1c2c(cn(-c3ccc(F)cc3)c1=O)CN(C(=O)Cc1ccccn1)CC2. The van der Waals surface area contributed by atoms with Crippen molar-refractivity contribution in [2.45, 2.75) is 19.4 Å². The molecule has 2 aromatic heterocycles. The second-order valence-corrected chi connectivity index (χ2v) is 7.09. The normalized spacial score (nSPS) is 13.0. The fraction of sp³-hybridized carbons (Fsp3) is 0.182. The number of nitrogens with two attached hydrogens (primary N) is 1. The van der Waals surface area contributed by atoms with Crippen LogP contribution in [0.15, 0.2) is 59.7 Å². The maximum atomic E-state index is 13.3. The van der Waals surface area contributed by atoms with Gasteiger partial charge in [0, 0.05) is 36.9 Å². The third kappa shape index (κ3) is 3.71. The minimum atomic E-state index is -0.819. The summed E-state index contributed by atoms with van der Waals surface area (Å²) in [5, 5.41) is 0. The standard InChI is InChI=1S/C22H19FN4O3/c23-15-4-6-17(7-5-15)27-13-14-12-26(19(28)11-16-3-1-2-9-25-16)10-8-18(14)20(21(24)29)22(27)30/h1-7,9,13H,8,10-12H2,(H2,24,29). The summed E-state index contributed by atoms with van der Waals surface area (Å²) in [6.07, 6.45) is 3.74. The highest BCUT2D eigenvalue weighted by atomic mass is 19.1. The largest absolute Gasteiger partial charge is 0.365 e. The van der Waals surface area contributed by atoms with Crippen molar-refractivity contribution in [2.75, 3.05) is 6.54 Å². The Morgan fingerprint density at radius 1 is 1.13 bits per heavy atom. The number of amides is 2. The van der Waals surface area contributed by atoms with E-state index in [9.17, 15) is 18.8 Å². The van der Waals surface area contributed by atoms with Gasteiger partial charge in [-0.25, -0.2) is 4.39 Å². The van der Waals surface area contributed by atoms with Gasteiger partial charge < -0.3 is 10.6 Å². The number of hydrogen-bond donors (Lipinski definition) is 1. The van der Waals surface area contributed by atoms with Gasteiger partial charge in [-0.15, -0.1) is 0 Å². The predicted molar refractivity (Wildman–Crippen MR) is 108 cm³/mol. The van der Waals surface area contributed by atoms with Gasteiger partial charge in [0.25, 0.3) is 11.5 Å². The van der Waals surface area contributed by atoms with Crippen LogP contribution in [0.1, 0.15) is 27.2 Å². The number of hydrogen-bond acceptors (Lipinski definition) is 4. The number of halogens is 1. The number of primary amides is 1. The highest BCUT2D eigenvalue weighted by molar-refractivity contribution is 5.94. The molecule has 8 heteroatoms. The summed E-state index contributed by atoms with van der Waals surface area (Å²) in [6, 6.07) is 10.7. The molecule has 1 aromatic carbocycles. The lowest BCUT2D eigenvalue weighted by Crippen LogP contribution is -2.40. The summed E-state index contributed by atoms with van der Waals surface area (Å²) in [7, 11) is 0. The van der Waals surface area contributed by atoms with Crippen LogP contribution in [0, 0.1) is 5.82 Å². The molecular weight excluding hydrogens is 387 g/mol. The van der Waals surface area contributed by atoms with Crippen LogP contribution in [0.3, 0.4) is 0 Å². The summed E-state index contributed by atoms with van der Waals surface area (Å²) < 4.78 is 14.6. The Bertz CT molecular complexity index is 1170. The fourth-order valence-electron chi connectivity index (χ4n) is 3.69. The Kier molecular flexibility index (Phi) is 5.14. The van der Waals surface area contributed by atoms with Gasteiger partial charge in [0.2, 0.25) is 5.91 Å². The third-order valence-corrected chi connectivity index (χ3v) is 5.16. The Labute approximate surface area is 171 Å². The predicted octanol–water partition coefficient (Wildman–Crippen LogP) is 1.60. The van der Waals surface area contributed by atoms with Crippen molar-refractivity contribution < 1.29 is 14.0 Å². The molecule has 1 aliphatic heterocycles. The van der Waals surface area contributed by atoms with Gasteiger partial charge in [-0.05, 0) is 53.9 Å². The van der Waals surface area contributed by atoms with Crippen LogP contribution < -0.4 is 11.3 Å². The van der Waals surface area contributed by atoms with Crippen LogP contribution in [-0.4, -0.2) is 32.8 Å². The van der Waals surface area contributed by atoms with Crippen LogP contribution in [0.2, 0.25) is 0 Å². The molecule has 30 heavy (non-hydrogen) atoms. The molecule has 0 spiro atoms. The van der Waals surface area contributed by atoms with E-state index in [0.717, 1.165) is 0 Å². The molecule has 2 amide bonds. The molecule has 0 aliphatic carbocycles. The third-order valence-electron chi connectivity index (χ3n) is 5.16. The van der Waals surface area contributed by atoms with Gasteiger partial charge in [0.1, 0.15) is 11.4 Å².